The van der Waals surface area contributed by atoms with E-state index in [-0.39, 0.29) is 40.9 Å². The minimum absolute atomic E-state index is 0.0386. The summed E-state index contributed by atoms with van der Waals surface area (Å²) in [4.78, 5) is 97.4. The SMILES string of the molecule is COc1ncc(-c2cn([C@@H](C)c3ccccn3)c3nc(-c4c(C)noc4C)cnc23)cn1.Cc1cc(-c2cn([C@@H](C)c3ccccn3)c3nc(-c4c(C)noc4C)cnc23)ccc1C(=O)O.Cc1noc(C)c1-c1cnc2c(-c3ccc(C(=O)O)cc3F)cn([C@@H](C)c3ccccn3)c2n1.Cc1noc(C)c1-c1cnc2c(-c3cnc(C4CC4)nc3)cn([C@@H](C)c3ccccn3)c2n1. The van der Waals surface area contributed by atoms with Crippen molar-refractivity contribution in [3.63, 3.8) is 0 Å². The molecule has 1 fully saturated rings. The number of halogens is 1. The molecule has 1 aliphatic carbocycles. The molecule has 20 aromatic rings. The third-order valence-electron chi connectivity index (χ3n) is 23.7. The summed E-state index contributed by atoms with van der Waals surface area (Å²) in [6.07, 6.45) is 31.4. The van der Waals surface area contributed by atoms with E-state index in [4.69, 9.17) is 57.7 Å². The number of ether oxygens (including phenoxy) is 1. The lowest BCUT2D eigenvalue weighted by Crippen LogP contribution is -2.08. The molecule has 18 aromatic heterocycles. The Morgan fingerprint density at radius 3 is 1.02 bits per heavy atom. The summed E-state index contributed by atoms with van der Waals surface area (Å²) < 4.78 is 49.6. The van der Waals surface area contributed by atoms with Crippen molar-refractivity contribution in [2.45, 2.75) is 133 Å². The Kier molecular flexibility index (Phi) is 23.8. The van der Waals surface area contributed by atoms with Crippen LogP contribution in [0, 0.1) is 68.1 Å². The van der Waals surface area contributed by atoms with Crippen molar-refractivity contribution in [1.29, 1.82) is 0 Å². The minimum atomic E-state index is -1.19. The highest BCUT2D eigenvalue weighted by Gasteiger charge is 2.31. The topological polar surface area (TPSA) is 414 Å². The second-order valence-electron chi connectivity index (χ2n) is 32.4. The van der Waals surface area contributed by atoms with Crippen LogP contribution in [0.4, 0.5) is 4.39 Å². The van der Waals surface area contributed by atoms with Crippen LogP contribution in [0.2, 0.25) is 0 Å². The van der Waals surface area contributed by atoms with Crippen molar-refractivity contribution in [2.75, 3.05) is 7.11 Å². The number of methoxy groups -OCH3 is 1. The van der Waals surface area contributed by atoms with Crippen LogP contribution in [0.15, 0.2) is 226 Å². The van der Waals surface area contributed by atoms with Crippen molar-refractivity contribution < 1.29 is 47.0 Å². The van der Waals surface area contributed by atoms with E-state index in [1.54, 1.807) is 75.0 Å². The standard InChI is InChI=1S/C26H23N5O3.C25H20FN5O3.C25H23N7O.C23H21N7O2/c1-14-11-18(8-9-19(14)26(32)33)20-13-31(16(3)21-7-5-6-10-27-21)25-24(20)28-12-22(29-25)23-15(2)30-34-17(23)4;1-13-22(15(3)34-30-13)21-11-28-23-18(17-8-7-16(25(32)33)10-19(17)26)12-31(24(23)29-21)14(2)20-6-4-5-9-27-20;1-14-22(16(3)33-31-14)21-12-27-23-19(18-10-28-24(29-11-18)17-7-8-17)13-32(25(23)30-21)15(2)20-6-4-5-9-26-20;1-13-20(15(3)32-29-13)19-11-25-21-17(16-9-26-23(31-4)27-10-16)12-30(22(21)28-19)14(2)18-7-5-6-8-24-18/h5-13,16H,1-4H3,(H,32,33);4-12,14H,1-3H3,(H,32,33);4-6,9-13,15,17H,7-8H2,1-3H3;5-12,14H,1-4H3/t16-;14-;15-;14-/m0000/s1. The molecule has 664 valence electrons. The van der Waals surface area contributed by atoms with Crippen LogP contribution in [0.1, 0.15) is 171 Å². The zero-order chi connectivity index (χ0) is 92.7. The van der Waals surface area contributed by atoms with Crippen LogP contribution in [-0.4, -0.2) is 148 Å². The number of pyridine rings is 4. The second kappa shape index (κ2) is 36.4. The quantitative estimate of drug-likeness (QED) is 0.0715. The number of carboxylic acid groups (broad SMARTS) is 2. The van der Waals surface area contributed by atoms with Gasteiger partial charge in [-0.05, 0) is 181 Å². The Labute approximate surface area is 759 Å². The number of hydrogen-bond acceptors (Lipinski definition) is 27. The highest BCUT2D eigenvalue weighted by Crippen LogP contribution is 2.43. The van der Waals surface area contributed by atoms with Gasteiger partial charge in [-0.25, -0.2) is 73.8 Å². The van der Waals surface area contributed by atoms with Gasteiger partial charge in [-0.1, -0.05) is 63.1 Å². The fourth-order valence-electron chi connectivity index (χ4n) is 16.5. The predicted molar refractivity (Wildman–Crippen MR) is 492 cm³/mol. The molecular weight excluding hydrogens is 1690 g/mol. The van der Waals surface area contributed by atoms with Gasteiger partial charge in [0.1, 0.15) is 56.7 Å². The number of hydrogen-bond donors (Lipinski definition) is 2. The highest BCUT2D eigenvalue weighted by atomic mass is 19.1. The maximum Gasteiger partial charge on any atom is 0.335 e. The van der Waals surface area contributed by atoms with E-state index in [1.165, 1.54) is 32.1 Å². The first-order chi connectivity index (χ1) is 64.4. The highest BCUT2D eigenvalue weighted by molar-refractivity contribution is 5.98. The van der Waals surface area contributed by atoms with E-state index in [0.29, 0.717) is 79.9 Å². The minimum Gasteiger partial charge on any atom is -0.478 e. The van der Waals surface area contributed by atoms with E-state index in [9.17, 15) is 19.8 Å². The molecular formula is C99H87FN24O9. The Balaban J connectivity index is 0.000000119. The Bertz CT molecular complexity index is 7660. The smallest absolute Gasteiger partial charge is 0.335 e. The average molecular weight is 1780 g/mol. The average Bonchev–Trinajstić information content (AvgIpc) is 1.61. The molecule has 2 N–H and O–H groups in total. The zero-order valence-electron chi connectivity index (χ0n) is 74.8. The normalized spacial score (nSPS) is 12.8. The first-order valence-electron chi connectivity index (χ1n) is 42.8. The Morgan fingerprint density at radius 2 is 0.722 bits per heavy atom. The first-order valence-corrected chi connectivity index (χ1v) is 42.8. The molecule has 34 heteroatoms. The van der Waals surface area contributed by atoms with E-state index >= 15 is 4.39 Å². The second-order valence-corrected chi connectivity index (χ2v) is 32.4. The number of fused-ring (bicyclic) bond motifs is 4. The number of nitrogens with zero attached hydrogens (tertiary/aromatic N) is 24. The van der Waals surface area contributed by atoms with Crippen molar-refractivity contribution in [3.05, 3.63) is 305 Å². The number of aromatic carboxylic acids is 2. The molecule has 133 heavy (non-hydrogen) atoms. The summed E-state index contributed by atoms with van der Waals surface area (Å²) in [5.74, 6) is 1.38. The van der Waals surface area contributed by atoms with Gasteiger partial charge in [-0.3, -0.25) is 19.9 Å². The lowest BCUT2D eigenvalue weighted by Gasteiger charge is -2.14. The van der Waals surface area contributed by atoms with Crippen molar-refractivity contribution >= 4 is 56.6 Å². The van der Waals surface area contributed by atoms with Crippen LogP contribution >= 0.6 is 0 Å². The van der Waals surface area contributed by atoms with Gasteiger partial charge >= 0.3 is 17.9 Å². The monoisotopic (exact) mass is 1770 g/mol. The van der Waals surface area contributed by atoms with Crippen LogP contribution in [0.5, 0.6) is 6.01 Å². The number of carboxylic acids is 2. The van der Waals surface area contributed by atoms with E-state index in [0.717, 1.165) is 147 Å². The molecule has 0 spiro atoms. The molecule has 0 saturated heterocycles. The van der Waals surface area contributed by atoms with Gasteiger partial charge in [0, 0.05) is 119 Å². The van der Waals surface area contributed by atoms with Crippen molar-refractivity contribution in [2.24, 2.45) is 0 Å². The van der Waals surface area contributed by atoms with E-state index in [1.807, 2.05) is 183 Å². The lowest BCUT2D eigenvalue weighted by molar-refractivity contribution is 0.0685. The van der Waals surface area contributed by atoms with Crippen LogP contribution in [0.25, 0.3) is 134 Å². The predicted octanol–water partition coefficient (Wildman–Crippen LogP) is 19.8. The number of carbonyl (C=O) groups is 2. The Hall–Kier alpha value is -16.8. The molecule has 33 nitrogen and oxygen atoms in total. The summed E-state index contributed by atoms with van der Waals surface area (Å²) in [5.41, 5.74) is 25.0. The number of aromatic nitrogens is 24. The summed E-state index contributed by atoms with van der Waals surface area (Å²) in [7, 11) is 1.54. The third-order valence-corrected chi connectivity index (χ3v) is 23.7. The summed E-state index contributed by atoms with van der Waals surface area (Å²) >= 11 is 0. The van der Waals surface area contributed by atoms with Crippen LogP contribution in [0.3, 0.4) is 0 Å². The number of rotatable bonds is 20. The van der Waals surface area contributed by atoms with Crippen LogP contribution in [-0.2, 0) is 0 Å². The fraction of sp³-hybridized carbons (Fsp3) is 0.212. The third kappa shape index (κ3) is 17.1. The molecule has 0 amide bonds. The fourth-order valence-corrected chi connectivity index (χ4v) is 16.5. The van der Waals surface area contributed by atoms with Gasteiger partial charge in [-0.15, -0.1) is 0 Å². The number of benzene rings is 2. The molecule has 4 atom stereocenters. The molecule has 1 aliphatic rings. The zero-order valence-corrected chi connectivity index (χ0v) is 74.8. The van der Waals surface area contributed by atoms with Gasteiger partial charge in [0.15, 0.2) is 22.6 Å². The van der Waals surface area contributed by atoms with Gasteiger partial charge in [0.2, 0.25) is 0 Å². The molecule has 0 aliphatic heterocycles. The largest absolute Gasteiger partial charge is 0.478 e. The summed E-state index contributed by atoms with van der Waals surface area (Å²) in [6, 6.07) is 32.3. The summed E-state index contributed by atoms with van der Waals surface area (Å²) in [5, 5.41) is 34.8. The van der Waals surface area contributed by atoms with Crippen LogP contribution < -0.4 is 4.74 Å². The summed E-state index contributed by atoms with van der Waals surface area (Å²) in [6.45, 7) is 25.0. The molecule has 2 aromatic carbocycles. The molecule has 1 saturated carbocycles. The number of aryl methyl sites for hydroxylation is 9. The van der Waals surface area contributed by atoms with Gasteiger partial charge in [0.25, 0.3) is 0 Å². The van der Waals surface area contributed by atoms with E-state index < -0.39 is 17.8 Å². The maximum atomic E-state index is 15.0. The molecule has 0 bridgehead atoms. The molecule has 18 heterocycles. The first kappa shape index (κ1) is 86.9. The van der Waals surface area contributed by atoms with Crippen molar-refractivity contribution in [3.8, 4) is 95.5 Å². The van der Waals surface area contributed by atoms with Crippen molar-refractivity contribution in [1.82, 2.24) is 119 Å². The lowest BCUT2D eigenvalue weighted by atomic mass is 10.0. The molecule has 0 radical (unpaired) electrons. The van der Waals surface area contributed by atoms with Gasteiger partial charge < -0.3 is 51.3 Å². The van der Waals surface area contributed by atoms with Gasteiger partial charge in [0.05, 0.1) is 158 Å². The maximum absolute atomic E-state index is 15.0. The van der Waals surface area contributed by atoms with Gasteiger partial charge in [-0.2, -0.15) is 0 Å². The molecule has 0 unspecified atom stereocenters. The van der Waals surface area contributed by atoms with E-state index in [2.05, 4.69) is 106 Å². The molecule has 21 rings (SSSR count). The Morgan fingerprint density at radius 1 is 0.383 bits per heavy atom.